The van der Waals surface area contributed by atoms with Crippen molar-refractivity contribution in [2.45, 2.75) is 6.18 Å². The number of aromatic amines is 1. The number of H-pyrrole nitrogens is 1. The van der Waals surface area contributed by atoms with Gasteiger partial charge in [-0.3, -0.25) is 14.4 Å². The number of carbonyl (C=O) groups is 2. The Morgan fingerprint density at radius 3 is 2.27 bits per heavy atom. The highest BCUT2D eigenvalue weighted by atomic mass is 19.4. The predicted octanol–water partition coefficient (Wildman–Crippen LogP) is 4.45. The fourth-order valence-electron chi connectivity index (χ4n) is 3.23. The third-order valence-corrected chi connectivity index (χ3v) is 4.78. The Bertz CT molecular complexity index is 1430. The van der Waals surface area contributed by atoms with E-state index in [1.165, 1.54) is 24.3 Å². The van der Waals surface area contributed by atoms with Crippen LogP contribution in [0.3, 0.4) is 0 Å². The largest absolute Gasteiger partial charge is 0.416 e. The van der Waals surface area contributed by atoms with Crippen LogP contribution in [0.2, 0.25) is 0 Å². The molecule has 0 saturated heterocycles. The monoisotopic (exact) mass is 452 g/mol. The molecular formula is C23H15F3N4O3. The van der Waals surface area contributed by atoms with Gasteiger partial charge in [0.15, 0.2) is 5.69 Å². The molecule has 3 aromatic carbocycles. The molecule has 1 aromatic heterocycles. The molecule has 0 spiro atoms. The van der Waals surface area contributed by atoms with Crippen molar-refractivity contribution in [3.05, 3.63) is 100.0 Å². The number of benzene rings is 3. The smallest absolute Gasteiger partial charge is 0.322 e. The van der Waals surface area contributed by atoms with Crippen LogP contribution in [0.15, 0.2) is 77.6 Å². The van der Waals surface area contributed by atoms with Crippen LogP contribution in [0.1, 0.15) is 26.4 Å². The van der Waals surface area contributed by atoms with E-state index < -0.39 is 29.1 Å². The van der Waals surface area contributed by atoms with Gasteiger partial charge >= 0.3 is 6.18 Å². The molecule has 0 saturated carbocycles. The highest BCUT2D eigenvalue weighted by Gasteiger charge is 2.30. The van der Waals surface area contributed by atoms with Crippen molar-refractivity contribution in [1.29, 1.82) is 0 Å². The first-order valence-electron chi connectivity index (χ1n) is 9.60. The summed E-state index contributed by atoms with van der Waals surface area (Å²) in [6, 6.07) is 16.6. The van der Waals surface area contributed by atoms with Gasteiger partial charge in [-0.05, 0) is 36.4 Å². The van der Waals surface area contributed by atoms with Crippen LogP contribution in [0.5, 0.6) is 0 Å². The molecule has 0 aliphatic rings. The Labute approximate surface area is 184 Å². The van der Waals surface area contributed by atoms with Gasteiger partial charge in [0, 0.05) is 11.1 Å². The predicted molar refractivity (Wildman–Crippen MR) is 116 cm³/mol. The lowest BCUT2D eigenvalue weighted by atomic mass is 10.1. The van der Waals surface area contributed by atoms with Gasteiger partial charge in [0.25, 0.3) is 17.4 Å². The SMILES string of the molecule is O=C(Nc1cccc(C(F)(F)F)c1)c1ccccc1NC(=O)c1n[nH]c(=O)c2ccccc12. The molecule has 4 rings (SSSR count). The number of nitrogens with one attached hydrogen (secondary N) is 3. The van der Waals surface area contributed by atoms with Crippen LogP contribution in [-0.2, 0) is 6.18 Å². The normalized spacial score (nSPS) is 11.2. The second-order valence-corrected chi connectivity index (χ2v) is 6.98. The summed E-state index contributed by atoms with van der Waals surface area (Å²) in [6.45, 7) is 0. The van der Waals surface area contributed by atoms with Crippen molar-refractivity contribution in [2.75, 3.05) is 10.6 Å². The lowest BCUT2D eigenvalue weighted by molar-refractivity contribution is -0.137. The molecule has 3 N–H and O–H groups in total. The fraction of sp³-hybridized carbons (Fsp3) is 0.0435. The highest BCUT2D eigenvalue weighted by Crippen LogP contribution is 2.31. The van der Waals surface area contributed by atoms with Crippen molar-refractivity contribution in [3.63, 3.8) is 0 Å². The van der Waals surface area contributed by atoms with E-state index in [0.29, 0.717) is 5.39 Å². The zero-order valence-electron chi connectivity index (χ0n) is 16.7. The molecule has 1 heterocycles. The van der Waals surface area contributed by atoms with Gasteiger partial charge in [-0.1, -0.05) is 36.4 Å². The maximum atomic E-state index is 12.9. The Hall–Kier alpha value is -4.47. The molecule has 0 aliphatic carbocycles. The topological polar surface area (TPSA) is 104 Å². The second kappa shape index (κ2) is 8.58. The number of rotatable bonds is 4. The maximum Gasteiger partial charge on any atom is 0.416 e. The van der Waals surface area contributed by atoms with E-state index in [9.17, 15) is 27.6 Å². The molecular weight excluding hydrogens is 437 g/mol. The Kier molecular flexibility index (Phi) is 5.65. The van der Waals surface area contributed by atoms with Crippen LogP contribution >= 0.6 is 0 Å². The van der Waals surface area contributed by atoms with Crippen LogP contribution in [-0.4, -0.2) is 22.0 Å². The van der Waals surface area contributed by atoms with E-state index in [0.717, 1.165) is 12.1 Å². The van der Waals surface area contributed by atoms with Crippen LogP contribution in [0, 0.1) is 0 Å². The molecule has 0 radical (unpaired) electrons. The molecule has 7 nitrogen and oxygen atoms in total. The first-order chi connectivity index (χ1) is 15.7. The number of anilines is 2. The van der Waals surface area contributed by atoms with Gasteiger partial charge in [-0.2, -0.15) is 18.3 Å². The quantitative estimate of drug-likeness (QED) is 0.426. The van der Waals surface area contributed by atoms with Gasteiger partial charge in [-0.25, -0.2) is 5.10 Å². The average Bonchev–Trinajstić information content (AvgIpc) is 2.79. The van der Waals surface area contributed by atoms with Gasteiger partial charge in [-0.15, -0.1) is 0 Å². The molecule has 0 fully saturated rings. The summed E-state index contributed by atoms with van der Waals surface area (Å²) in [7, 11) is 0. The summed E-state index contributed by atoms with van der Waals surface area (Å²) in [5.41, 5.74) is -1.33. The van der Waals surface area contributed by atoms with Crippen molar-refractivity contribution >= 4 is 34.0 Å². The molecule has 0 aliphatic heterocycles. The number of alkyl halides is 3. The van der Waals surface area contributed by atoms with Gasteiger partial charge in [0.2, 0.25) is 0 Å². The molecule has 2 amide bonds. The van der Waals surface area contributed by atoms with E-state index in [1.54, 1.807) is 36.4 Å². The molecule has 0 atom stereocenters. The van der Waals surface area contributed by atoms with E-state index >= 15 is 0 Å². The zero-order chi connectivity index (χ0) is 23.6. The van der Waals surface area contributed by atoms with E-state index in [-0.39, 0.29) is 28.0 Å². The lowest BCUT2D eigenvalue weighted by Crippen LogP contribution is -2.21. The summed E-state index contributed by atoms with van der Waals surface area (Å²) in [6.07, 6.45) is -4.56. The van der Waals surface area contributed by atoms with Gasteiger partial charge in [0.05, 0.1) is 22.2 Å². The van der Waals surface area contributed by atoms with Gasteiger partial charge in [0.1, 0.15) is 0 Å². The van der Waals surface area contributed by atoms with E-state index in [1.807, 2.05) is 0 Å². The number of nitrogens with zero attached hydrogens (tertiary/aromatic N) is 1. The summed E-state index contributed by atoms with van der Waals surface area (Å²) >= 11 is 0. The second-order valence-electron chi connectivity index (χ2n) is 6.98. The van der Waals surface area contributed by atoms with E-state index in [4.69, 9.17) is 0 Å². The number of amides is 2. The third-order valence-electron chi connectivity index (χ3n) is 4.78. The summed E-state index contributed by atoms with van der Waals surface area (Å²) in [5, 5.41) is 11.7. The van der Waals surface area contributed by atoms with Crippen molar-refractivity contribution < 1.29 is 22.8 Å². The zero-order valence-corrected chi connectivity index (χ0v) is 16.7. The molecule has 166 valence electrons. The Morgan fingerprint density at radius 1 is 0.818 bits per heavy atom. The average molecular weight is 452 g/mol. The van der Waals surface area contributed by atoms with Crippen molar-refractivity contribution in [2.24, 2.45) is 0 Å². The number of aromatic nitrogens is 2. The van der Waals surface area contributed by atoms with Crippen LogP contribution in [0.25, 0.3) is 10.8 Å². The van der Waals surface area contributed by atoms with E-state index in [2.05, 4.69) is 20.8 Å². The number of carbonyl (C=O) groups excluding carboxylic acids is 2. The lowest BCUT2D eigenvalue weighted by Gasteiger charge is -2.13. The summed E-state index contributed by atoms with van der Waals surface area (Å²) in [5.74, 6) is -1.40. The Morgan fingerprint density at radius 2 is 1.52 bits per heavy atom. The molecule has 10 heteroatoms. The maximum absolute atomic E-state index is 12.9. The standard InChI is InChI=1S/C23H15F3N4O3/c24-23(25,26)13-6-5-7-14(12-13)27-20(31)17-10-3-4-11-18(17)28-22(33)19-15-8-1-2-9-16(15)21(32)30-29-19/h1-12H,(H,27,31)(H,28,33)(H,30,32). The van der Waals surface area contributed by atoms with Crippen molar-refractivity contribution in [1.82, 2.24) is 10.2 Å². The number of hydrogen-bond donors (Lipinski definition) is 3. The summed E-state index contributed by atoms with van der Waals surface area (Å²) < 4.78 is 38.8. The summed E-state index contributed by atoms with van der Waals surface area (Å²) in [4.78, 5) is 37.6. The molecule has 4 aromatic rings. The number of fused-ring (bicyclic) bond motifs is 1. The minimum atomic E-state index is -4.56. The number of hydrogen-bond acceptors (Lipinski definition) is 4. The molecule has 0 bridgehead atoms. The first kappa shape index (κ1) is 21.8. The van der Waals surface area contributed by atoms with Crippen molar-refractivity contribution in [3.8, 4) is 0 Å². The third kappa shape index (κ3) is 4.59. The van der Waals surface area contributed by atoms with Crippen LogP contribution < -0.4 is 16.2 Å². The highest BCUT2D eigenvalue weighted by molar-refractivity contribution is 6.15. The number of para-hydroxylation sites is 1. The fourth-order valence-corrected chi connectivity index (χ4v) is 3.23. The Balaban J connectivity index is 1.61. The molecule has 0 unspecified atom stereocenters. The van der Waals surface area contributed by atoms with Crippen LogP contribution in [0.4, 0.5) is 24.5 Å². The minimum Gasteiger partial charge on any atom is -0.322 e. The minimum absolute atomic E-state index is 0.0250. The molecule has 33 heavy (non-hydrogen) atoms. The van der Waals surface area contributed by atoms with Gasteiger partial charge < -0.3 is 10.6 Å². The number of halogens is 3. The first-order valence-corrected chi connectivity index (χ1v) is 9.60.